The molecule has 1 aliphatic rings. The van der Waals surface area contributed by atoms with E-state index in [1.807, 2.05) is 16.8 Å². The molecule has 0 aliphatic heterocycles. The Bertz CT molecular complexity index is 412. The number of rotatable bonds is 5. The van der Waals surface area contributed by atoms with Crippen molar-refractivity contribution in [2.75, 3.05) is 6.54 Å². The fourth-order valence-electron chi connectivity index (χ4n) is 2.65. The van der Waals surface area contributed by atoms with E-state index in [9.17, 15) is 9.90 Å². The van der Waals surface area contributed by atoms with Crippen LogP contribution >= 0.6 is 11.3 Å². The first-order chi connectivity index (χ1) is 9.55. The maximum atomic E-state index is 11.8. The van der Waals surface area contributed by atoms with Gasteiger partial charge >= 0.3 is 6.03 Å². The van der Waals surface area contributed by atoms with Crippen LogP contribution in [0.5, 0.6) is 0 Å². The minimum atomic E-state index is -0.912. The Balaban J connectivity index is 1.71. The Labute approximate surface area is 124 Å². The summed E-state index contributed by atoms with van der Waals surface area (Å²) in [5.74, 6) is 0. The molecule has 1 aromatic rings. The van der Waals surface area contributed by atoms with Crippen LogP contribution in [0.4, 0.5) is 4.79 Å². The van der Waals surface area contributed by atoms with Crippen molar-refractivity contribution in [1.29, 1.82) is 0 Å². The largest absolute Gasteiger partial charge is 0.388 e. The van der Waals surface area contributed by atoms with Gasteiger partial charge in [0.05, 0.1) is 5.60 Å². The molecule has 2 rings (SSSR count). The fourth-order valence-corrected chi connectivity index (χ4v) is 3.32. The second kappa shape index (κ2) is 7.09. The monoisotopic (exact) mass is 296 g/mol. The number of hydrogen-bond acceptors (Lipinski definition) is 3. The maximum absolute atomic E-state index is 11.8. The highest BCUT2D eigenvalue weighted by atomic mass is 32.1. The van der Waals surface area contributed by atoms with Gasteiger partial charge in [-0.3, -0.25) is 0 Å². The smallest absolute Gasteiger partial charge is 0.315 e. The number of carbonyl (C=O) groups excluding carboxylic acids is 1. The van der Waals surface area contributed by atoms with Crippen LogP contribution in [0.25, 0.3) is 0 Å². The molecule has 2 amide bonds. The maximum Gasteiger partial charge on any atom is 0.315 e. The SMILES string of the molecule is CC(O)(CNC(=O)NC1CCCCC1)Cc1ccsc1. The summed E-state index contributed by atoms with van der Waals surface area (Å²) in [5, 5.41) is 20.1. The Morgan fingerprint density at radius 1 is 1.45 bits per heavy atom. The minimum Gasteiger partial charge on any atom is -0.388 e. The van der Waals surface area contributed by atoms with E-state index in [1.165, 1.54) is 19.3 Å². The van der Waals surface area contributed by atoms with Gasteiger partial charge in [0.2, 0.25) is 0 Å². The molecule has 1 aromatic heterocycles. The molecule has 4 nitrogen and oxygen atoms in total. The first-order valence-corrected chi connectivity index (χ1v) is 8.27. The Kier molecular flexibility index (Phi) is 5.43. The van der Waals surface area contributed by atoms with Crippen LogP contribution in [-0.4, -0.2) is 29.3 Å². The lowest BCUT2D eigenvalue weighted by Gasteiger charge is -2.26. The number of carbonyl (C=O) groups is 1. The van der Waals surface area contributed by atoms with E-state index in [4.69, 9.17) is 0 Å². The molecular formula is C15H24N2O2S. The molecule has 0 aromatic carbocycles. The Morgan fingerprint density at radius 3 is 2.85 bits per heavy atom. The Morgan fingerprint density at radius 2 is 2.20 bits per heavy atom. The molecule has 20 heavy (non-hydrogen) atoms. The van der Waals surface area contributed by atoms with Gasteiger partial charge in [0, 0.05) is 19.0 Å². The van der Waals surface area contributed by atoms with Gasteiger partial charge in [-0.05, 0) is 42.2 Å². The van der Waals surface area contributed by atoms with Crippen molar-refractivity contribution in [3.8, 4) is 0 Å². The van der Waals surface area contributed by atoms with Crippen molar-refractivity contribution in [2.45, 2.75) is 57.1 Å². The van der Waals surface area contributed by atoms with Gasteiger partial charge in [-0.2, -0.15) is 11.3 Å². The predicted octanol–water partition coefficient (Wildman–Crippen LogP) is 2.67. The average Bonchev–Trinajstić information content (AvgIpc) is 2.90. The van der Waals surface area contributed by atoms with E-state index in [0.29, 0.717) is 12.5 Å². The Hall–Kier alpha value is -1.07. The van der Waals surface area contributed by atoms with Gasteiger partial charge in [0.25, 0.3) is 0 Å². The van der Waals surface area contributed by atoms with Crippen LogP contribution in [0.2, 0.25) is 0 Å². The predicted molar refractivity (Wildman–Crippen MR) is 82.1 cm³/mol. The molecule has 1 aliphatic carbocycles. The average molecular weight is 296 g/mol. The first kappa shape index (κ1) is 15.3. The van der Waals surface area contributed by atoms with Crippen molar-refractivity contribution >= 4 is 17.4 Å². The number of amides is 2. The van der Waals surface area contributed by atoms with Crippen molar-refractivity contribution in [3.63, 3.8) is 0 Å². The summed E-state index contributed by atoms with van der Waals surface area (Å²) < 4.78 is 0. The van der Waals surface area contributed by atoms with Gasteiger partial charge in [0.1, 0.15) is 0 Å². The fraction of sp³-hybridized carbons (Fsp3) is 0.667. The van der Waals surface area contributed by atoms with Gasteiger partial charge in [-0.1, -0.05) is 19.3 Å². The van der Waals surface area contributed by atoms with Crippen LogP contribution in [0.3, 0.4) is 0 Å². The number of thiophene rings is 1. The van der Waals surface area contributed by atoms with E-state index in [1.54, 1.807) is 18.3 Å². The van der Waals surface area contributed by atoms with Crippen LogP contribution in [0, 0.1) is 0 Å². The standard InChI is InChI=1S/C15H24N2O2S/c1-15(19,9-12-7-8-20-10-12)11-16-14(18)17-13-5-3-2-4-6-13/h7-8,10,13,19H,2-6,9,11H2,1H3,(H2,16,17,18). The zero-order valence-electron chi connectivity index (χ0n) is 12.0. The molecule has 1 unspecified atom stereocenters. The molecule has 5 heteroatoms. The lowest BCUT2D eigenvalue weighted by Crippen LogP contribution is -2.48. The van der Waals surface area contributed by atoms with Crippen molar-refractivity contribution in [2.24, 2.45) is 0 Å². The third-order valence-electron chi connectivity index (χ3n) is 3.74. The molecule has 1 atom stereocenters. The normalized spacial score (nSPS) is 19.3. The topological polar surface area (TPSA) is 61.4 Å². The summed E-state index contributed by atoms with van der Waals surface area (Å²) in [5.41, 5.74) is 0.194. The molecule has 1 saturated carbocycles. The van der Waals surface area contributed by atoms with Crippen LogP contribution in [-0.2, 0) is 6.42 Å². The summed E-state index contributed by atoms with van der Waals surface area (Å²) in [4.78, 5) is 11.8. The first-order valence-electron chi connectivity index (χ1n) is 7.33. The van der Waals surface area contributed by atoms with E-state index < -0.39 is 5.60 Å². The lowest BCUT2D eigenvalue weighted by molar-refractivity contribution is 0.0623. The molecule has 3 N–H and O–H groups in total. The third kappa shape index (κ3) is 5.13. The summed E-state index contributed by atoms with van der Waals surface area (Å²) in [6, 6.07) is 2.13. The molecule has 1 fully saturated rings. The van der Waals surface area contributed by atoms with E-state index >= 15 is 0 Å². The van der Waals surface area contributed by atoms with Gasteiger partial charge < -0.3 is 15.7 Å². The molecule has 0 saturated heterocycles. The molecule has 112 valence electrons. The lowest BCUT2D eigenvalue weighted by atomic mass is 9.95. The number of urea groups is 1. The third-order valence-corrected chi connectivity index (χ3v) is 4.47. The van der Waals surface area contributed by atoms with Gasteiger partial charge in [-0.15, -0.1) is 0 Å². The van der Waals surface area contributed by atoms with Crippen LogP contribution in [0.1, 0.15) is 44.6 Å². The number of aliphatic hydroxyl groups is 1. The highest BCUT2D eigenvalue weighted by molar-refractivity contribution is 7.07. The zero-order chi connectivity index (χ0) is 14.4. The zero-order valence-corrected chi connectivity index (χ0v) is 12.8. The minimum absolute atomic E-state index is 0.164. The summed E-state index contributed by atoms with van der Waals surface area (Å²) in [7, 11) is 0. The van der Waals surface area contributed by atoms with E-state index in [2.05, 4.69) is 10.6 Å². The molecule has 0 bridgehead atoms. The van der Waals surface area contributed by atoms with E-state index in [-0.39, 0.29) is 12.6 Å². The quantitative estimate of drug-likeness (QED) is 0.782. The van der Waals surface area contributed by atoms with Crippen LogP contribution in [0.15, 0.2) is 16.8 Å². The van der Waals surface area contributed by atoms with Gasteiger partial charge in [-0.25, -0.2) is 4.79 Å². The number of nitrogens with one attached hydrogen (secondary N) is 2. The highest BCUT2D eigenvalue weighted by Crippen LogP contribution is 2.17. The highest BCUT2D eigenvalue weighted by Gasteiger charge is 2.23. The summed E-state index contributed by atoms with van der Waals surface area (Å²) in [6.07, 6.45) is 6.36. The van der Waals surface area contributed by atoms with Crippen molar-refractivity contribution in [3.05, 3.63) is 22.4 Å². The van der Waals surface area contributed by atoms with Crippen molar-refractivity contribution in [1.82, 2.24) is 10.6 Å². The van der Waals surface area contributed by atoms with E-state index in [0.717, 1.165) is 18.4 Å². The number of hydrogen-bond donors (Lipinski definition) is 3. The van der Waals surface area contributed by atoms with Crippen molar-refractivity contribution < 1.29 is 9.90 Å². The summed E-state index contributed by atoms with van der Waals surface area (Å²) >= 11 is 1.62. The summed E-state index contributed by atoms with van der Waals surface area (Å²) in [6.45, 7) is 2.02. The molecule has 0 radical (unpaired) electrons. The second-order valence-corrected chi connectivity index (χ2v) is 6.75. The molecule has 0 spiro atoms. The van der Waals surface area contributed by atoms with Crippen LogP contribution < -0.4 is 10.6 Å². The second-order valence-electron chi connectivity index (χ2n) is 5.97. The molecule has 1 heterocycles. The molecular weight excluding hydrogens is 272 g/mol. The van der Waals surface area contributed by atoms with Gasteiger partial charge in [0.15, 0.2) is 0 Å².